The summed E-state index contributed by atoms with van der Waals surface area (Å²) >= 11 is 0. The van der Waals surface area contributed by atoms with Crippen LogP contribution in [0.4, 0.5) is 21.0 Å². The lowest BCUT2D eigenvalue weighted by atomic mass is 10.0. The second kappa shape index (κ2) is 9.38. The first-order valence-corrected chi connectivity index (χ1v) is 11.0. The Bertz CT molecular complexity index is 1210. The summed E-state index contributed by atoms with van der Waals surface area (Å²) in [6.07, 6.45) is 5.50. The molecule has 9 heteroatoms. The maximum absolute atomic E-state index is 13.0. The summed E-state index contributed by atoms with van der Waals surface area (Å²) in [7, 11) is 0. The van der Waals surface area contributed by atoms with Crippen molar-refractivity contribution in [1.82, 2.24) is 14.9 Å². The zero-order valence-corrected chi connectivity index (χ0v) is 19.3. The molecule has 1 atom stereocenters. The van der Waals surface area contributed by atoms with Crippen LogP contribution in [-0.4, -0.2) is 33.2 Å². The molecule has 1 aliphatic rings. The van der Waals surface area contributed by atoms with E-state index in [2.05, 4.69) is 20.9 Å². The zero-order chi connectivity index (χ0) is 24.3. The number of nitrogens with one attached hydrogen (secondary N) is 3. The molecule has 2 aromatic carbocycles. The topological polar surface area (TPSA) is 114 Å². The first-order valence-electron chi connectivity index (χ1n) is 11.0. The van der Waals surface area contributed by atoms with Gasteiger partial charge in [-0.05, 0) is 69.0 Å². The number of fused-ring (bicyclic) bond motifs is 1. The molecule has 3 N–H and O–H groups in total. The van der Waals surface area contributed by atoms with Crippen LogP contribution < -0.4 is 16.0 Å². The Morgan fingerprint density at radius 3 is 2.47 bits per heavy atom. The minimum atomic E-state index is -0.636. The minimum Gasteiger partial charge on any atom is -0.444 e. The van der Waals surface area contributed by atoms with E-state index in [-0.39, 0.29) is 18.0 Å². The fourth-order valence-electron chi connectivity index (χ4n) is 3.82. The molecule has 3 amide bonds. The Morgan fingerprint density at radius 2 is 1.79 bits per heavy atom. The van der Waals surface area contributed by atoms with Gasteiger partial charge in [0.15, 0.2) is 0 Å². The molecule has 0 saturated carbocycles. The number of nitrogens with zero attached hydrogens (tertiary/aromatic N) is 2. The quantitative estimate of drug-likeness (QED) is 0.520. The summed E-state index contributed by atoms with van der Waals surface area (Å²) in [5.74, 6) is -0.299. The highest BCUT2D eigenvalue weighted by atomic mass is 16.6. The third-order valence-corrected chi connectivity index (χ3v) is 5.33. The number of benzene rings is 2. The lowest BCUT2D eigenvalue weighted by molar-refractivity contribution is 0.0635. The normalized spacial score (nSPS) is 14.7. The first kappa shape index (κ1) is 23.0. The smallest absolute Gasteiger partial charge is 0.412 e. The Hall–Kier alpha value is -4.14. The third-order valence-electron chi connectivity index (χ3n) is 5.33. The van der Waals surface area contributed by atoms with Gasteiger partial charge in [-0.2, -0.15) is 0 Å². The van der Waals surface area contributed by atoms with Crippen molar-refractivity contribution < 1.29 is 19.1 Å². The number of rotatable bonds is 4. The van der Waals surface area contributed by atoms with Crippen molar-refractivity contribution >= 4 is 29.4 Å². The monoisotopic (exact) mass is 461 g/mol. The van der Waals surface area contributed by atoms with Crippen LogP contribution in [0.3, 0.4) is 0 Å². The van der Waals surface area contributed by atoms with Gasteiger partial charge >= 0.3 is 12.1 Å². The Labute approximate surface area is 197 Å². The molecule has 1 heterocycles. The number of anilines is 2. The van der Waals surface area contributed by atoms with Crippen LogP contribution in [0.2, 0.25) is 0 Å². The van der Waals surface area contributed by atoms with Crippen molar-refractivity contribution in [2.75, 3.05) is 10.6 Å². The molecule has 0 bridgehead atoms. The number of ether oxygens (including phenoxy) is 1. The molecule has 9 nitrogen and oxygen atoms in total. The number of carbonyl (C=O) groups excluding carboxylic acids is 3. The number of aromatic nitrogens is 2. The van der Waals surface area contributed by atoms with Crippen molar-refractivity contribution in [3.8, 4) is 0 Å². The van der Waals surface area contributed by atoms with Crippen molar-refractivity contribution in [3.63, 3.8) is 0 Å². The van der Waals surface area contributed by atoms with Gasteiger partial charge in [-0.25, -0.2) is 14.6 Å². The van der Waals surface area contributed by atoms with E-state index < -0.39 is 11.7 Å². The van der Waals surface area contributed by atoms with E-state index in [1.807, 2.05) is 12.1 Å². The number of hydrogen-bond donors (Lipinski definition) is 3. The lowest BCUT2D eigenvalue weighted by Gasteiger charge is -2.20. The predicted octanol–water partition coefficient (Wildman–Crippen LogP) is 4.73. The zero-order valence-electron chi connectivity index (χ0n) is 19.3. The van der Waals surface area contributed by atoms with Gasteiger partial charge < -0.3 is 15.4 Å². The van der Waals surface area contributed by atoms with E-state index in [0.717, 1.165) is 24.0 Å². The number of para-hydroxylation sites is 2. The minimum absolute atomic E-state index is 0.124. The SMILES string of the molecule is CC(C)(C)OC(=O)Nc1ccccc1NC(=O)c1ccc2c(c1)CCC2NC(=O)n1ccnc1. The van der Waals surface area contributed by atoms with Crippen LogP contribution in [-0.2, 0) is 11.2 Å². The molecule has 34 heavy (non-hydrogen) atoms. The molecule has 0 radical (unpaired) electrons. The summed E-state index contributed by atoms with van der Waals surface area (Å²) < 4.78 is 6.69. The molecular formula is C25H27N5O4. The molecular weight excluding hydrogens is 434 g/mol. The van der Waals surface area contributed by atoms with Crippen molar-refractivity contribution in [2.45, 2.75) is 45.3 Å². The van der Waals surface area contributed by atoms with E-state index >= 15 is 0 Å². The summed E-state index contributed by atoms with van der Waals surface area (Å²) in [5.41, 5.74) is 2.77. The molecule has 1 aliphatic carbocycles. The molecule has 4 rings (SSSR count). The van der Waals surface area contributed by atoms with Gasteiger partial charge in [0.25, 0.3) is 5.91 Å². The first-order chi connectivity index (χ1) is 16.2. The van der Waals surface area contributed by atoms with E-state index in [0.29, 0.717) is 16.9 Å². The summed E-state index contributed by atoms with van der Waals surface area (Å²) in [6.45, 7) is 5.34. The van der Waals surface area contributed by atoms with Crippen LogP contribution >= 0.6 is 0 Å². The van der Waals surface area contributed by atoms with Crippen LogP contribution in [0.15, 0.2) is 61.2 Å². The van der Waals surface area contributed by atoms with Gasteiger partial charge in [-0.3, -0.25) is 14.7 Å². The molecule has 1 unspecified atom stereocenters. The van der Waals surface area contributed by atoms with Crippen LogP contribution in [0.1, 0.15) is 54.7 Å². The van der Waals surface area contributed by atoms with Crippen LogP contribution in [0.25, 0.3) is 0 Å². The van der Waals surface area contributed by atoms with Crippen molar-refractivity contribution in [2.24, 2.45) is 0 Å². The van der Waals surface area contributed by atoms with Crippen molar-refractivity contribution in [1.29, 1.82) is 0 Å². The van der Waals surface area contributed by atoms with E-state index in [9.17, 15) is 14.4 Å². The van der Waals surface area contributed by atoms with E-state index in [4.69, 9.17) is 4.74 Å². The molecule has 0 aliphatic heterocycles. The number of hydrogen-bond acceptors (Lipinski definition) is 5. The fraction of sp³-hybridized carbons (Fsp3) is 0.280. The average Bonchev–Trinajstić information content (AvgIpc) is 3.44. The highest BCUT2D eigenvalue weighted by Gasteiger charge is 2.25. The predicted molar refractivity (Wildman–Crippen MR) is 128 cm³/mol. The molecule has 3 aromatic rings. The molecule has 176 valence electrons. The Balaban J connectivity index is 1.44. The van der Waals surface area contributed by atoms with Gasteiger partial charge in [0.2, 0.25) is 0 Å². The third kappa shape index (κ3) is 5.43. The Kier molecular flexibility index (Phi) is 6.36. The van der Waals surface area contributed by atoms with E-state index in [1.165, 1.54) is 10.9 Å². The van der Waals surface area contributed by atoms with Gasteiger partial charge in [0.05, 0.1) is 17.4 Å². The molecule has 0 spiro atoms. The van der Waals surface area contributed by atoms with Gasteiger partial charge in [0.1, 0.15) is 11.9 Å². The van der Waals surface area contributed by atoms with Crippen molar-refractivity contribution in [3.05, 3.63) is 77.9 Å². The number of amides is 3. The second-order valence-electron chi connectivity index (χ2n) is 9.05. The lowest BCUT2D eigenvalue weighted by Crippen LogP contribution is -2.30. The molecule has 1 aromatic heterocycles. The highest BCUT2D eigenvalue weighted by molar-refractivity contribution is 6.07. The molecule has 0 saturated heterocycles. The molecule has 0 fully saturated rings. The Morgan fingerprint density at radius 1 is 1.06 bits per heavy atom. The van der Waals surface area contributed by atoms with Gasteiger partial charge in [-0.1, -0.05) is 18.2 Å². The van der Waals surface area contributed by atoms with Crippen LogP contribution in [0, 0.1) is 0 Å². The fourth-order valence-corrected chi connectivity index (χ4v) is 3.82. The number of aryl methyl sites for hydroxylation is 1. The summed E-state index contributed by atoms with van der Waals surface area (Å²) in [6, 6.07) is 12.0. The average molecular weight is 462 g/mol. The maximum atomic E-state index is 13.0. The highest BCUT2D eigenvalue weighted by Crippen LogP contribution is 2.32. The van der Waals surface area contributed by atoms with Gasteiger partial charge in [0, 0.05) is 18.0 Å². The van der Waals surface area contributed by atoms with Crippen LogP contribution in [0.5, 0.6) is 0 Å². The summed E-state index contributed by atoms with van der Waals surface area (Å²) in [4.78, 5) is 41.4. The summed E-state index contributed by atoms with van der Waals surface area (Å²) in [5, 5.41) is 8.54. The van der Waals surface area contributed by atoms with E-state index in [1.54, 1.807) is 63.5 Å². The second-order valence-corrected chi connectivity index (χ2v) is 9.05. The van der Waals surface area contributed by atoms with Gasteiger partial charge in [-0.15, -0.1) is 0 Å². The number of imidazole rings is 1. The largest absolute Gasteiger partial charge is 0.444 e. The maximum Gasteiger partial charge on any atom is 0.412 e. The number of carbonyl (C=O) groups is 3. The standard InChI is InChI=1S/C25H27N5O4/c1-25(2,3)34-24(33)29-21-7-5-4-6-20(21)27-22(31)17-8-10-18-16(14-17)9-11-19(18)28-23(32)30-13-12-26-15-30/h4-8,10,12-15,19H,9,11H2,1-3H3,(H,27,31)(H,28,32)(H,29,33).